The summed E-state index contributed by atoms with van der Waals surface area (Å²) in [5.74, 6) is -1.47. The summed E-state index contributed by atoms with van der Waals surface area (Å²) in [6.07, 6.45) is 0. The molecule has 0 atom stereocenters. The van der Waals surface area contributed by atoms with Gasteiger partial charge in [0.25, 0.3) is 11.5 Å². The van der Waals surface area contributed by atoms with Gasteiger partial charge >= 0.3 is 0 Å². The smallest absolute Gasteiger partial charge is 0.269 e. The first-order chi connectivity index (χ1) is 16.8. The lowest BCUT2D eigenvalue weighted by molar-refractivity contribution is -0.119. The van der Waals surface area contributed by atoms with Crippen molar-refractivity contribution in [1.29, 1.82) is 0 Å². The molecule has 0 aliphatic heterocycles. The average molecular weight is 491 g/mol. The third-order valence-corrected chi connectivity index (χ3v) is 6.24. The predicted molar refractivity (Wildman–Crippen MR) is 134 cm³/mol. The van der Waals surface area contributed by atoms with Gasteiger partial charge in [-0.3, -0.25) is 29.8 Å². The summed E-state index contributed by atoms with van der Waals surface area (Å²) < 4.78 is 14.6. The molecule has 7 nitrogen and oxygen atoms in total. The van der Waals surface area contributed by atoms with Gasteiger partial charge < -0.3 is 0 Å². The van der Waals surface area contributed by atoms with Crippen molar-refractivity contribution >= 4 is 34.5 Å². The molecule has 0 aliphatic carbocycles. The summed E-state index contributed by atoms with van der Waals surface area (Å²) in [7, 11) is 0. The summed E-state index contributed by atoms with van der Waals surface area (Å²) in [5.41, 5.74) is 6.83. The van der Waals surface area contributed by atoms with E-state index in [1.165, 1.54) is 16.7 Å². The van der Waals surface area contributed by atoms with Crippen LogP contribution in [0.25, 0.3) is 16.6 Å². The van der Waals surface area contributed by atoms with E-state index in [4.69, 9.17) is 0 Å². The van der Waals surface area contributed by atoms with Crippen molar-refractivity contribution in [3.05, 3.63) is 100 Å². The quantitative estimate of drug-likeness (QED) is 0.240. The molecule has 0 fully saturated rings. The Morgan fingerprint density at radius 1 is 0.971 bits per heavy atom. The van der Waals surface area contributed by atoms with Crippen molar-refractivity contribution in [3.63, 3.8) is 0 Å². The monoisotopic (exact) mass is 490 g/mol. The molecule has 0 bridgehead atoms. The van der Waals surface area contributed by atoms with E-state index in [1.807, 2.05) is 38.1 Å². The number of nitrogens with zero attached hydrogens (tertiary/aromatic N) is 2. The van der Waals surface area contributed by atoms with Gasteiger partial charge in [0.05, 0.1) is 22.3 Å². The van der Waals surface area contributed by atoms with E-state index in [0.717, 1.165) is 29.5 Å². The first kappa shape index (κ1) is 24.2. The molecule has 0 saturated carbocycles. The molecule has 1 heterocycles. The Balaban J connectivity index is 1.59. The Labute approximate surface area is 205 Å². The van der Waals surface area contributed by atoms with Crippen molar-refractivity contribution < 1.29 is 14.0 Å². The largest absolute Gasteiger partial charge is 0.272 e. The minimum absolute atomic E-state index is 0.0989. The number of benzene rings is 3. The van der Waals surface area contributed by atoms with E-state index in [1.54, 1.807) is 24.3 Å². The highest BCUT2D eigenvalue weighted by atomic mass is 32.2. The van der Waals surface area contributed by atoms with E-state index < -0.39 is 17.6 Å². The van der Waals surface area contributed by atoms with Crippen LogP contribution in [-0.4, -0.2) is 27.1 Å². The third-order valence-electron chi connectivity index (χ3n) is 5.30. The van der Waals surface area contributed by atoms with Gasteiger partial charge in [-0.2, -0.15) is 0 Å². The van der Waals surface area contributed by atoms with Crippen LogP contribution in [0.1, 0.15) is 35.7 Å². The number of carbonyl (C=O) groups is 2. The van der Waals surface area contributed by atoms with Crippen LogP contribution in [0, 0.1) is 5.82 Å². The van der Waals surface area contributed by atoms with Crippen molar-refractivity contribution in [2.45, 2.75) is 24.9 Å². The number of rotatable bonds is 6. The molecule has 0 spiro atoms. The second-order valence-corrected chi connectivity index (χ2v) is 9.01. The predicted octanol–water partition coefficient (Wildman–Crippen LogP) is 4.20. The lowest BCUT2D eigenvalue weighted by Gasteiger charge is -2.18. The van der Waals surface area contributed by atoms with E-state index in [-0.39, 0.29) is 22.8 Å². The van der Waals surface area contributed by atoms with Crippen LogP contribution in [0.4, 0.5) is 4.39 Å². The van der Waals surface area contributed by atoms with Crippen LogP contribution in [0.15, 0.2) is 82.7 Å². The van der Waals surface area contributed by atoms with Gasteiger partial charge in [-0.15, -0.1) is 0 Å². The lowest BCUT2D eigenvalue weighted by Crippen LogP contribution is -2.42. The third kappa shape index (κ3) is 5.41. The molecule has 0 saturated heterocycles. The molecule has 0 aliphatic rings. The van der Waals surface area contributed by atoms with Crippen LogP contribution in [0.3, 0.4) is 0 Å². The number of nitrogens with one attached hydrogen (secondary N) is 2. The highest BCUT2D eigenvalue weighted by Gasteiger charge is 2.18. The maximum atomic E-state index is 13.5. The molecule has 0 radical (unpaired) electrons. The molecule has 178 valence electrons. The Hall–Kier alpha value is -3.98. The molecule has 9 heteroatoms. The minimum Gasteiger partial charge on any atom is -0.272 e. The lowest BCUT2D eigenvalue weighted by atomic mass is 10.0. The molecule has 4 aromatic rings. The Morgan fingerprint density at radius 2 is 1.66 bits per heavy atom. The summed E-state index contributed by atoms with van der Waals surface area (Å²) in [5, 5.41) is 0.841. The molecule has 2 N–H and O–H groups in total. The Morgan fingerprint density at radius 3 is 2.40 bits per heavy atom. The minimum atomic E-state index is -0.574. The molecular formula is C26H23FN4O3S. The molecular weight excluding hydrogens is 467 g/mol. The van der Waals surface area contributed by atoms with Gasteiger partial charge in [0, 0.05) is 5.56 Å². The van der Waals surface area contributed by atoms with Crippen molar-refractivity contribution in [2.75, 3.05) is 5.75 Å². The zero-order valence-corrected chi connectivity index (χ0v) is 19.9. The van der Waals surface area contributed by atoms with Crippen LogP contribution < -0.4 is 16.4 Å². The summed E-state index contributed by atoms with van der Waals surface area (Å²) in [6.45, 7) is 4.09. The number of halogens is 1. The second-order valence-electron chi connectivity index (χ2n) is 8.06. The van der Waals surface area contributed by atoms with Crippen LogP contribution >= 0.6 is 11.8 Å². The normalized spacial score (nSPS) is 11.0. The zero-order valence-electron chi connectivity index (χ0n) is 19.1. The van der Waals surface area contributed by atoms with Crippen LogP contribution in [-0.2, 0) is 4.79 Å². The first-order valence-electron chi connectivity index (χ1n) is 10.9. The molecule has 3 aromatic carbocycles. The number of hydrazine groups is 1. The van der Waals surface area contributed by atoms with Gasteiger partial charge in [-0.05, 0) is 53.9 Å². The van der Waals surface area contributed by atoms with E-state index >= 15 is 0 Å². The zero-order chi connectivity index (χ0) is 24.9. The van der Waals surface area contributed by atoms with E-state index in [2.05, 4.69) is 15.8 Å². The number of para-hydroxylation sites is 2. The molecule has 1 aromatic heterocycles. The number of hydrogen-bond acceptors (Lipinski definition) is 5. The summed E-state index contributed by atoms with van der Waals surface area (Å²) >= 11 is 1.09. The number of fused-ring (bicyclic) bond motifs is 1. The highest BCUT2D eigenvalue weighted by molar-refractivity contribution is 7.99. The fraction of sp³-hybridized carbons (Fsp3) is 0.154. The summed E-state index contributed by atoms with van der Waals surface area (Å²) in [6, 6.07) is 19.6. The number of hydrogen-bond donors (Lipinski definition) is 2. The fourth-order valence-corrected chi connectivity index (χ4v) is 4.37. The summed E-state index contributed by atoms with van der Waals surface area (Å²) in [4.78, 5) is 42.8. The Kier molecular flexibility index (Phi) is 7.26. The van der Waals surface area contributed by atoms with Crippen molar-refractivity contribution in [1.82, 2.24) is 20.4 Å². The van der Waals surface area contributed by atoms with Crippen molar-refractivity contribution in [3.8, 4) is 5.69 Å². The standard InChI is InChI=1S/C26H23FN4O3S/c1-16(2)19-7-4-6-10-22(19)31-25(34)20-8-3-5-9-21(20)28-26(31)35-15-23(32)29-30-24(33)17-11-13-18(27)14-12-17/h3-14,16H,15H2,1-2H3,(H,29,32)(H,30,33). The van der Waals surface area contributed by atoms with Gasteiger partial charge in [0.2, 0.25) is 5.91 Å². The average Bonchev–Trinajstić information content (AvgIpc) is 2.86. The van der Waals surface area contributed by atoms with E-state index in [0.29, 0.717) is 21.7 Å². The second kappa shape index (κ2) is 10.5. The first-order valence-corrected chi connectivity index (χ1v) is 11.9. The molecule has 35 heavy (non-hydrogen) atoms. The van der Waals surface area contributed by atoms with Crippen molar-refractivity contribution in [2.24, 2.45) is 0 Å². The number of amides is 2. The SMILES string of the molecule is CC(C)c1ccccc1-n1c(SCC(=O)NNC(=O)c2ccc(F)cc2)nc2ccccc2c1=O. The number of thioether (sulfide) groups is 1. The molecule has 2 amide bonds. The Bertz CT molecular complexity index is 1450. The molecule has 4 rings (SSSR count). The highest BCUT2D eigenvalue weighted by Crippen LogP contribution is 2.27. The fourth-order valence-electron chi connectivity index (χ4n) is 3.57. The van der Waals surface area contributed by atoms with Crippen LogP contribution in [0.5, 0.6) is 0 Å². The van der Waals surface area contributed by atoms with Gasteiger partial charge in [-0.1, -0.05) is 55.9 Å². The van der Waals surface area contributed by atoms with Gasteiger partial charge in [-0.25, -0.2) is 9.37 Å². The maximum Gasteiger partial charge on any atom is 0.269 e. The van der Waals surface area contributed by atoms with Gasteiger partial charge in [0.1, 0.15) is 5.82 Å². The van der Waals surface area contributed by atoms with Gasteiger partial charge in [0.15, 0.2) is 5.16 Å². The van der Waals surface area contributed by atoms with E-state index in [9.17, 15) is 18.8 Å². The number of carbonyl (C=O) groups excluding carboxylic acids is 2. The van der Waals surface area contributed by atoms with Crippen LogP contribution in [0.2, 0.25) is 0 Å². The number of aromatic nitrogens is 2. The topological polar surface area (TPSA) is 93.1 Å². The maximum absolute atomic E-state index is 13.5. The molecule has 0 unspecified atom stereocenters.